The largest absolute Gasteiger partial charge is 0.495 e. The van der Waals surface area contributed by atoms with Crippen LogP contribution < -0.4 is 15.8 Å². The summed E-state index contributed by atoms with van der Waals surface area (Å²) in [5.41, 5.74) is 7.38. The molecule has 0 spiro atoms. The van der Waals surface area contributed by atoms with Gasteiger partial charge in [0.1, 0.15) is 12.1 Å². The molecule has 0 saturated carbocycles. The molecule has 1 heterocycles. The minimum atomic E-state index is 0.175. The van der Waals surface area contributed by atoms with Crippen LogP contribution in [0.25, 0.3) is 0 Å². The minimum absolute atomic E-state index is 0.175. The van der Waals surface area contributed by atoms with Crippen LogP contribution >= 0.6 is 0 Å². The summed E-state index contributed by atoms with van der Waals surface area (Å²) in [6.45, 7) is 1.99. The van der Waals surface area contributed by atoms with E-state index in [1.165, 1.54) is 6.33 Å². The maximum absolute atomic E-state index is 5.48. The van der Waals surface area contributed by atoms with Gasteiger partial charge in [0.2, 0.25) is 11.9 Å². The van der Waals surface area contributed by atoms with Crippen LogP contribution in [0, 0.1) is 6.92 Å². The fourth-order valence-corrected chi connectivity index (χ4v) is 1.41. The number of methoxy groups -OCH3 is 1. The molecule has 0 unspecified atom stereocenters. The molecule has 0 amide bonds. The highest BCUT2D eigenvalue weighted by Crippen LogP contribution is 2.27. The zero-order chi connectivity index (χ0) is 12.3. The molecule has 0 aliphatic rings. The molecule has 0 atom stereocenters. The van der Waals surface area contributed by atoms with Gasteiger partial charge in [0.25, 0.3) is 0 Å². The molecule has 1 aromatic carbocycles. The van der Waals surface area contributed by atoms with Crippen molar-refractivity contribution in [3.63, 3.8) is 0 Å². The second-order valence-corrected chi connectivity index (χ2v) is 3.50. The third-order valence-corrected chi connectivity index (χ3v) is 2.19. The Labute approximate surface area is 98.9 Å². The number of hydrogen-bond acceptors (Lipinski definition) is 6. The lowest BCUT2D eigenvalue weighted by atomic mass is 10.2. The van der Waals surface area contributed by atoms with E-state index in [1.807, 2.05) is 25.1 Å². The van der Waals surface area contributed by atoms with Crippen LogP contribution in [0.2, 0.25) is 0 Å². The summed E-state index contributed by atoms with van der Waals surface area (Å²) in [4.78, 5) is 11.7. The van der Waals surface area contributed by atoms with Gasteiger partial charge in [-0.1, -0.05) is 6.07 Å². The highest BCUT2D eigenvalue weighted by atomic mass is 16.5. The molecule has 6 nitrogen and oxygen atoms in total. The molecular formula is C11H13N5O. The molecule has 0 bridgehead atoms. The normalized spacial score (nSPS) is 10.0. The van der Waals surface area contributed by atoms with Crippen molar-refractivity contribution >= 4 is 17.6 Å². The summed E-state index contributed by atoms with van der Waals surface area (Å²) in [6.07, 6.45) is 1.35. The number of nitrogens with one attached hydrogen (secondary N) is 1. The zero-order valence-electron chi connectivity index (χ0n) is 9.64. The monoisotopic (exact) mass is 231 g/mol. The van der Waals surface area contributed by atoms with Gasteiger partial charge in [-0.3, -0.25) is 0 Å². The third kappa shape index (κ3) is 2.60. The first-order chi connectivity index (χ1) is 8.19. The van der Waals surface area contributed by atoms with Gasteiger partial charge in [0.05, 0.1) is 12.8 Å². The van der Waals surface area contributed by atoms with Crippen molar-refractivity contribution in [2.24, 2.45) is 0 Å². The molecule has 0 aliphatic carbocycles. The molecular weight excluding hydrogens is 218 g/mol. The summed E-state index contributed by atoms with van der Waals surface area (Å²) in [5.74, 6) is 1.28. The fourth-order valence-electron chi connectivity index (χ4n) is 1.41. The van der Waals surface area contributed by atoms with Gasteiger partial charge < -0.3 is 15.8 Å². The predicted octanol–water partition coefficient (Wildman–Crippen LogP) is 1.51. The second kappa shape index (κ2) is 4.65. The van der Waals surface area contributed by atoms with Crippen LogP contribution in [-0.2, 0) is 0 Å². The lowest BCUT2D eigenvalue weighted by molar-refractivity contribution is 0.416. The molecule has 88 valence electrons. The topological polar surface area (TPSA) is 86.0 Å². The second-order valence-electron chi connectivity index (χ2n) is 3.50. The predicted molar refractivity (Wildman–Crippen MR) is 65.3 cm³/mol. The number of hydrogen-bond donors (Lipinski definition) is 2. The van der Waals surface area contributed by atoms with E-state index < -0.39 is 0 Å². The fraction of sp³-hybridized carbons (Fsp3) is 0.182. The molecule has 2 rings (SSSR count). The molecule has 0 radical (unpaired) electrons. The van der Waals surface area contributed by atoms with E-state index in [1.54, 1.807) is 7.11 Å². The number of aryl methyl sites for hydroxylation is 1. The molecule has 0 aliphatic heterocycles. The summed E-state index contributed by atoms with van der Waals surface area (Å²) < 4.78 is 5.24. The average Bonchev–Trinajstić information content (AvgIpc) is 2.29. The Morgan fingerprint density at radius 3 is 2.82 bits per heavy atom. The number of anilines is 3. The molecule has 3 N–H and O–H groups in total. The Hall–Kier alpha value is -2.37. The van der Waals surface area contributed by atoms with Gasteiger partial charge in [-0.2, -0.15) is 4.98 Å². The van der Waals surface area contributed by atoms with Crippen LogP contribution in [0.15, 0.2) is 24.5 Å². The standard InChI is InChI=1S/C11H13N5O/c1-7-3-4-9(17-2)8(5-7)15-11-14-6-13-10(12)16-11/h3-6H,1-2H3,(H3,12,13,14,15,16). The number of ether oxygens (including phenoxy) is 1. The Kier molecular flexibility index (Phi) is 3.04. The first-order valence-electron chi connectivity index (χ1n) is 5.05. The van der Waals surface area contributed by atoms with Crippen LogP contribution in [0.1, 0.15) is 5.56 Å². The van der Waals surface area contributed by atoms with Crippen LogP contribution in [0.4, 0.5) is 17.6 Å². The van der Waals surface area contributed by atoms with Crippen molar-refractivity contribution in [1.29, 1.82) is 0 Å². The molecule has 2 aromatic rings. The third-order valence-electron chi connectivity index (χ3n) is 2.19. The van der Waals surface area contributed by atoms with Crippen LogP contribution in [0.3, 0.4) is 0 Å². The molecule has 6 heteroatoms. The van der Waals surface area contributed by atoms with Gasteiger partial charge in [0, 0.05) is 0 Å². The molecule has 17 heavy (non-hydrogen) atoms. The van der Waals surface area contributed by atoms with Gasteiger partial charge in [-0.05, 0) is 24.6 Å². The summed E-state index contributed by atoms with van der Waals surface area (Å²) >= 11 is 0. The van der Waals surface area contributed by atoms with E-state index in [4.69, 9.17) is 10.5 Å². The number of nitrogens with two attached hydrogens (primary N) is 1. The van der Waals surface area contributed by atoms with Gasteiger partial charge >= 0.3 is 0 Å². The number of aromatic nitrogens is 3. The molecule has 0 fully saturated rings. The Morgan fingerprint density at radius 2 is 2.12 bits per heavy atom. The van der Waals surface area contributed by atoms with Crippen molar-refractivity contribution in [1.82, 2.24) is 15.0 Å². The lowest BCUT2D eigenvalue weighted by Gasteiger charge is -2.10. The summed E-state index contributed by atoms with van der Waals surface area (Å²) in [7, 11) is 1.61. The summed E-state index contributed by atoms with van der Waals surface area (Å²) in [5, 5.41) is 3.04. The van der Waals surface area contributed by atoms with E-state index in [9.17, 15) is 0 Å². The van der Waals surface area contributed by atoms with E-state index >= 15 is 0 Å². The number of nitrogen functional groups attached to an aromatic ring is 1. The first kappa shape index (κ1) is 11.1. The highest BCUT2D eigenvalue weighted by Gasteiger charge is 2.05. The minimum Gasteiger partial charge on any atom is -0.495 e. The van der Waals surface area contributed by atoms with Crippen molar-refractivity contribution in [2.45, 2.75) is 6.92 Å². The maximum Gasteiger partial charge on any atom is 0.232 e. The van der Waals surface area contributed by atoms with Crippen LogP contribution in [-0.4, -0.2) is 22.1 Å². The van der Waals surface area contributed by atoms with Crippen molar-refractivity contribution in [3.05, 3.63) is 30.1 Å². The van der Waals surface area contributed by atoms with E-state index in [-0.39, 0.29) is 5.95 Å². The van der Waals surface area contributed by atoms with Gasteiger partial charge in [-0.15, -0.1) is 0 Å². The number of benzene rings is 1. The Morgan fingerprint density at radius 1 is 1.29 bits per heavy atom. The number of rotatable bonds is 3. The van der Waals surface area contributed by atoms with Gasteiger partial charge in [-0.25, -0.2) is 9.97 Å². The quantitative estimate of drug-likeness (QED) is 0.832. The first-order valence-corrected chi connectivity index (χ1v) is 5.05. The summed E-state index contributed by atoms with van der Waals surface area (Å²) in [6, 6.07) is 5.78. The Balaban J connectivity index is 2.32. The highest BCUT2D eigenvalue weighted by molar-refractivity contribution is 5.63. The van der Waals surface area contributed by atoms with E-state index in [0.29, 0.717) is 5.95 Å². The van der Waals surface area contributed by atoms with Gasteiger partial charge in [0.15, 0.2) is 0 Å². The van der Waals surface area contributed by atoms with Crippen molar-refractivity contribution in [3.8, 4) is 5.75 Å². The SMILES string of the molecule is COc1ccc(C)cc1Nc1ncnc(N)n1. The smallest absolute Gasteiger partial charge is 0.232 e. The van der Waals surface area contributed by atoms with Crippen LogP contribution in [0.5, 0.6) is 5.75 Å². The molecule has 0 saturated heterocycles. The molecule has 1 aromatic heterocycles. The zero-order valence-corrected chi connectivity index (χ0v) is 9.64. The lowest BCUT2D eigenvalue weighted by Crippen LogP contribution is -2.03. The average molecular weight is 231 g/mol. The Bertz CT molecular complexity index is 529. The maximum atomic E-state index is 5.48. The van der Waals surface area contributed by atoms with E-state index in [2.05, 4.69) is 20.3 Å². The van der Waals surface area contributed by atoms with Crippen molar-refractivity contribution in [2.75, 3.05) is 18.2 Å². The van der Waals surface area contributed by atoms with Crippen molar-refractivity contribution < 1.29 is 4.74 Å². The number of nitrogens with zero attached hydrogens (tertiary/aromatic N) is 3. The van der Waals surface area contributed by atoms with E-state index in [0.717, 1.165) is 17.0 Å².